The molecule has 34 heavy (non-hydrogen) atoms. The Morgan fingerprint density at radius 1 is 0.941 bits per heavy atom. The topological polar surface area (TPSA) is 90.4 Å². The van der Waals surface area contributed by atoms with Gasteiger partial charge in [0.25, 0.3) is 0 Å². The van der Waals surface area contributed by atoms with Crippen molar-refractivity contribution in [3.8, 4) is 17.6 Å². The molecule has 0 aliphatic heterocycles. The smallest absolute Gasteiger partial charge is 0.161 e. The van der Waals surface area contributed by atoms with E-state index in [9.17, 15) is 10.4 Å². The van der Waals surface area contributed by atoms with Crippen LogP contribution in [0.2, 0.25) is 0 Å². The predicted octanol–water partition coefficient (Wildman–Crippen LogP) is 6.00. The fourth-order valence-electron chi connectivity index (χ4n) is 3.42. The molecule has 0 atom stereocenters. The van der Waals surface area contributed by atoms with Crippen LogP contribution in [0.1, 0.15) is 18.1 Å². The Balaban J connectivity index is 1.72. The molecule has 7 nitrogen and oxygen atoms in total. The fourth-order valence-corrected chi connectivity index (χ4v) is 3.42. The van der Waals surface area contributed by atoms with Crippen molar-refractivity contribution in [1.29, 1.82) is 5.26 Å². The van der Waals surface area contributed by atoms with E-state index in [1.807, 2.05) is 60.7 Å². The van der Waals surface area contributed by atoms with Crippen LogP contribution in [0.25, 0.3) is 11.6 Å². The molecule has 0 bridgehead atoms. The number of azo groups is 1. The van der Waals surface area contributed by atoms with Crippen molar-refractivity contribution in [2.75, 3.05) is 38.8 Å². The van der Waals surface area contributed by atoms with Crippen molar-refractivity contribution >= 4 is 28.7 Å². The predicted molar refractivity (Wildman–Crippen MR) is 135 cm³/mol. The first-order valence-corrected chi connectivity index (χ1v) is 10.9. The van der Waals surface area contributed by atoms with Crippen molar-refractivity contribution in [3.63, 3.8) is 0 Å². The first-order chi connectivity index (χ1) is 16.6. The Labute approximate surface area is 200 Å². The van der Waals surface area contributed by atoms with Gasteiger partial charge in [-0.3, -0.25) is 0 Å². The van der Waals surface area contributed by atoms with Gasteiger partial charge < -0.3 is 19.5 Å². The second-order valence-corrected chi connectivity index (χ2v) is 7.35. The summed E-state index contributed by atoms with van der Waals surface area (Å²) in [6.07, 6.45) is 1.81. The van der Waals surface area contributed by atoms with Crippen molar-refractivity contribution in [1.82, 2.24) is 0 Å². The van der Waals surface area contributed by atoms with E-state index < -0.39 is 0 Å². The van der Waals surface area contributed by atoms with Crippen LogP contribution in [0, 0.1) is 11.3 Å². The minimum atomic E-state index is 0.116. The molecule has 0 amide bonds. The number of hydrogen-bond donors (Lipinski definition) is 1. The largest absolute Gasteiger partial charge is 0.493 e. The van der Waals surface area contributed by atoms with Gasteiger partial charge >= 0.3 is 0 Å². The van der Waals surface area contributed by atoms with E-state index in [1.165, 1.54) is 0 Å². The van der Waals surface area contributed by atoms with Gasteiger partial charge in [-0.2, -0.15) is 15.5 Å². The lowest BCUT2D eigenvalue weighted by Crippen LogP contribution is -2.25. The summed E-state index contributed by atoms with van der Waals surface area (Å²) in [5, 5.41) is 27.4. The Morgan fingerprint density at radius 2 is 1.56 bits per heavy atom. The molecule has 0 fully saturated rings. The van der Waals surface area contributed by atoms with E-state index in [1.54, 1.807) is 26.4 Å². The first kappa shape index (κ1) is 24.5. The second kappa shape index (κ2) is 12.2. The number of benzene rings is 3. The van der Waals surface area contributed by atoms with Crippen molar-refractivity contribution in [3.05, 3.63) is 77.9 Å². The zero-order valence-corrected chi connectivity index (χ0v) is 19.6. The molecule has 0 aromatic heterocycles. The third-order valence-electron chi connectivity index (χ3n) is 5.27. The number of nitriles is 1. The van der Waals surface area contributed by atoms with Gasteiger partial charge in [0.05, 0.1) is 43.8 Å². The number of ether oxygens (including phenoxy) is 2. The molecule has 3 aromatic rings. The summed E-state index contributed by atoms with van der Waals surface area (Å²) in [5.41, 5.74) is 4.62. The summed E-state index contributed by atoms with van der Waals surface area (Å²) in [4.78, 5) is 2.09. The SMILES string of the molecule is CCN(CCO)c1ccc(N=Nc2ccc(/C=C(\C#N)c3ccc(OC)c(OC)c3)cc2)cc1. The average molecular weight is 457 g/mol. The summed E-state index contributed by atoms with van der Waals surface area (Å²) >= 11 is 0. The van der Waals surface area contributed by atoms with E-state index in [-0.39, 0.29) is 6.61 Å². The summed E-state index contributed by atoms with van der Waals surface area (Å²) in [5.74, 6) is 1.18. The highest BCUT2D eigenvalue weighted by molar-refractivity contribution is 5.90. The molecule has 174 valence electrons. The number of rotatable bonds is 10. The van der Waals surface area contributed by atoms with Crippen LogP contribution in [0.3, 0.4) is 0 Å². The van der Waals surface area contributed by atoms with Gasteiger partial charge in [-0.15, -0.1) is 0 Å². The van der Waals surface area contributed by atoms with Gasteiger partial charge in [0.1, 0.15) is 0 Å². The summed E-state index contributed by atoms with van der Waals surface area (Å²) in [6.45, 7) is 3.58. The van der Waals surface area contributed by atoms with E-state index >= 15 is 0 Å². The third-order valence-corrected chi connectivity index (χ3v) is 5.27. The average Bonchev–Trinajstić information content (AvgIpc) is 2.89. The van der Waals surface area contributed by atoms with Crippen molar-refractivity contribution in [2.24, 2.45) is 10.2 Å². The second-order valence-electron chi connectivity index (χ2n) is 7.35. The maximum absolute atomic E-state index is 9.66. The number of methoxy groups -OCH3 is 2. The van der Waals surface area contributed by atoms with E-state index in [0.29, 0.717) is 29.3 Å². The Bertz CT molecular complexity index is 1180. The van der Waals surface area contributed by atoms with Crippen LogP contribution in [-0.2, 0) is 0 Å². The number of aliphatic hydroxyl groups is 1. The summed E-state index contributed by atoms with van der Waals surface area (Å²) < 4.78 is 10.6. The highest BCUT2D eigenvalue weighted by Crippen LogP contribution is 2.31. The minimum Gasteiger partial charge on any atom is -0.493 e. The normalized spacial score (nSPS) is 11.3. The number of nitrogens with zero attached hydrogens (tertiary/aromatic N) is 4. The number of likely N-dealkylation sites (N-methyl/N-ethyl adjacent to an activating group) is 1. The van der Waals surface area contributed by atoms with Crippen molar-refractivity contribution < 1.29 is 14.6 Å². The highest BCUT2D eigenvalue weighted by atomic mass is 16.5. The maximum atomic E-state index is 9.66. The lowest BCUT2D eigenvalue weighted by atomic mass is 10.0. The molecule has 1 N–H and O–H groups in total. The Hall–Kier alpha value is -4.15. The van der Waals surface area contributed by atoms with Gasteiger partial charge in [-0.05, 0) is 78.7 Å². The molecule has 0 aliphatic carbocycles. The fraction of sp³-hybridized carbons (Fsp3) is 0.222. The molecular weight excluding hydrogens is 428 g/mol. The number of hydrogen-bond acceptors (Lipinski definition) is 7. The Morgan fingerprint density at radius 3 is 2.09 bits per heavy atom. The van der Waals surface area contributed by atoms with E-state index in [0.717, 1.165) is 29.0 Å². The third kappa shape index (κ3) is 6.21. The van der Waals surface area contributed by atoms with Crippen LogP contribution in [-0.4, -0.2) is 39.0 Å². The number of aliphatic hydroxyl groups excluding tert-OH is 1. The van der Waals surface area contributed by atoms with E-state index in [2.05, 4.69) is 28.1 Å². The standard InChI is InChI=1S/C27H28N4O3/c1-4-31(15-16-32)25-12-10-24(11-13-25)30-29-23-8-5-20(6-9-23)17-22(19-28)21-7-14-26(33-2)27(18-21)34-3/h5-14,17-18,32H,4,15-16H2,1-3H3/b22-17+,30-29?. The molecule has 0 radical (unpaired) electrons. The quantitative estimate of drug-likeness (QED) is 0.229. The summed E-state index contributed by atoms with van der Waals surface area (Å²) in [7, 11) is 3.14. The lowest BCUT2D eigenvalue weighted by Gasteiger charge is -2.21. The molecule has 3 rings (SSSR count). The van der Waals surface area contributed by atoms with Gasteiger partial charge in [0.15, 0.2) is 11.5 Å². The van der Waals surface area contributed by atoms with Gasteiger partial charge in [0.2, 0.25) is 0 Å². The maximum Gasteiger partial charge on any atom is 0.161 e. The molecule has 0 heterocycles. The summed E-state index contributed by atoms with van der Waals surface area (Å²) in [6, 6.07) is 22.9. The molecule has 7 heteroatoms. The first-order valence-electron chi connectivity index (χ1n) is 10.9. The zero-order chi connectivity index (χ0) is 24.3. The van der Waals surface area contributed by atoms with Crippen molar-refractivity contribution in [2.45, 2.75) is 6.92 Å². The van der Waals surface area contributed by atoms with Gasteiger partial charge in [0, 0.05) is 18.8 Å². The lowest BCUT2D eigenvalue weighted by molar-refractivity contribution is 0.302. The van der Waals surface area contributed by atoms with Crippen LogP contribution in [0.4, 0.5) is 17.1 Å². The number of anilines is 1. The van der Waals surface area contributed by atoms with E-state index in [4.69, 9.17) is 9.47 Å². The van der Waals surface area contributed by atoms with Crippen LogP contribution < -0.4 is 14.4 Å². The molecule has 0 saturated heterocycles. The molecular formula is C27H28N4O3. The zero-order valence-electron chi connectivity index (χ0n) is 19.6. The minimum absolute atomic E-state index is 0.116. The van der Waals surface area contributed by atoms with Gasteiger partial charge in [-0.25, -0.2) is 0 Å². The molecule has 0 spiro atoms. The van der Waals surface area contributed by atoms with Gasteiger partial charge in [-0.1, -0.05) is 12.1 Å². The van der Waals surface area contributed by atoms with Crippen LogP contribution >= 0.6 is 0 Å². The Kier molecular flexibility index (Phi) is 8.78. The molecule has 0 aliphatic rings. The molecule has 0 saturated carbocycles. The molecule has 3 aromatic carbocycles. The molecule has 0 unspecified atom stereocenters. The monoisotopic (exact) mass is 456 g/mol. The highest BCUT2D eigenvalue weighted by Gasteiger charge is 2.08. The van der Waals surface area contributed by atoms with Crippen LogP contribution in [0.5, 0.6) is 11.5 Å². The number of allylic oxidation sites excluding steroid dienone is 1. The van der Waals surface area contributed by atoms with Crippen LogP contribution in [0.15, 0.2) is 77.0 Å².